The van der Waals surface area contributed by atoms with E-state index in [1.807, 2.05) is 42.8 Å². The lowest BCUT2D eigenvalue weighted by Crippen LogP contribution is -2.18. The van der Waals surface area contributed by atoms with E-state index in [-0.39, 0.29) is 5.92 Å². The summed E-state index contributed by atoms with van der Waals surface area (Å²) in [6.45, 7) is 7.30. The lowest BCUT2D eigenvalue weighted by molar-refractivity contribution is 0.340. The van der Waals surface area contributed by atoms with E-state index in [2.05, 4.69) is 42.4 Å². The number of para-hydroxylation sites is 1. The average Bonchev–Trinajstić information content (AvgIpc) is 3.00. The molecule has 3 aromatic rings. The summed E-state index contributed by atoms with van der Waals surface area (Å²) in [5.41, 5.74) is 11.7. The SMILES string of the molecule is CCOc1ccc(C(CN)c2cc(C)nn2-c2ccccc2)c(C)c1. The fraction of sp³-hybridized carbons (Fsp3) is 0.286. The van der Waals surface area contributed by atoms with Crippen LogP contribution in [0.5, 0.6) is 5.75 Å². The second-order valence-corrected chi connectivity index (χ2v) is 6.20. The van der Waals surface area contributed by atoms with Gasteiger partial charge in [0.2, 0.25) is 0 Å². The molecule has 0 saturated heterocycles. The number of rotatable bonds is 6. The van der Waals surface area contributed by atoms with Gasteiger partial charge in [-0.3, -0.25) is 0 Å². The molecule has 1 heterocycles. The molecule has 0 aliphatic carbocycles. The Morgan fingerprint density at radius 2 is 1.84 bits per heavy atom. The quantitative estimate of drug-likeness (QED) is 0.741. The third-order valence-electron chi connectivity index (χ3n) is 4.38. The first-order valence-electron chi connectivity index (χ1n) is 8.69. The highest BCUT2D eigenvalue weighted by molar-refractivity contribution is 5.43. The molecule has 25 heavy (non-hydrogen) atoms. The maximum absolute atomic E-state index is 6.19. The van der Waals surface area contributed by atoms with Crippen LogP contribution in [0.15, 0.2) is 54.6 Å². The van der Waals surface area contributed by atoms with Crippen molar-refractivity contribution in [3.63, 3.8) is 0 Å². The van der Waals surface area contributed by atoms with Crippen molar-refractivity contribution in [1.29, 1.82) is 0 Å². The van der Waals surface area contributed by atoms with Crippen LogP contribution >= 0.6 is 0 Å². The van der Waals surface area contributed by atoms with Crippen molar-refractivity contribution in [3.8, 4) is 11.4 Å². The molecule has 0 spiro atoms. The first kappa shape index (κ1) is 17.2. The van der Waals surface area contributed by atoms with Gasteiger partial charge in [-0.25, -0.2) is 4.68 Å². The summed E-state index contributed by atoms with van der Waals surface area (Å²) in [6.07, 6.45) is 0. The lowest BCUT2D eigenvalue weighted by atomic mass is 9.91. The van der Waals surface area contributed by atoms with E-state index in [1.54, 1.807) is 0 Å². The van der Waals surface area contributed by atoms with E-state index in [4.69, 9.17) is 10.5 Å². The van der Waals surface area contributed by atoms with E-state index in [0.29, 0.717) is 13.2 Å². The topological polar surface area (TPSA) is 53.1 Å². The molecule has 0 aliphatic heterocycles. The van der Waals surface area contributed by atoms with Crippen molar-refractivity contribution >= 4 is 0 Å². The monoisotopic (exact) mass is 335 g/mol. The third-order valence-corrected chi connectivity index (χ3v) is 4.38. The highest BCUT2D eigenvalue weighted by Gasteiger charge is 2.21. The van der Waals surface area contributed by atoms with Crippen LogP contribution in [0.25, 0.3) is 5.69 Å². The van der Waals surface area contributed by atoms with Crippen LogP contribution in [0.2, 0.25) is 0 Å². The number of benzene rings is 2. The van der Waals surface area contributed by atoms with Gasteiger partial charge >= 0.3 is 0 Å². The fourth-order valence-corrected chi connectivity index (χ4v) is 3.25. The normalized spacial score (nSPS) is 12.2. The van der Waals surface area contributed by atoms with E-state index >= 15 is 0 Å². The third kappa shape index (κ3) is 3.59. The number of hydrogen-bond donors (Lipinski definition) is 1. The summed E-state index contributed by atoms with van der Waals surface area (Å²) < 4.78 is 7.61. The number of hydrogen-bond acceptors (Lipinski definition) is 3. The molecule has 3 rings (SSSR count). The van der Waals surface area contributed by atoms with Crippen molar-refractivity contribution in [1.82, 2.24) is 9.78 Å². The summed E-state index contributed by atoms with van der Waals surface area (Å²) in [4.78, 5) is 0. The largest absolute Gasteiger partial charge is 0.494 e. The molecule has 2 N–H and O–H groups in total. The average molecular weight is 335 g/mol. The Bertz CT molecular complexity index is 840. The summed E-state index contributed by atoms with van der Waals surface area (Å²) in [7, 11) is 0. The molecule has 4 heteroatoms. The zero-order chi connectivity index (χ0) is 17.8. The molecule has 1 aromatic heterocycles. The second-order valence-electron chi connectivity index (χ2n) is 6.20. The van der Waals surface area contributed by atoms with Crippen LogP contribution in [0.4, 0.5) is 0 Å². The van der Waals surface area contributed by atoms with Crippen molar-refractivity contribution < 1.29 is 4.74 Å². The van der Waals surface area contributed by atoms with E-state index < -0.39 is 0 Å². The number of nitrogens with two attached hydrogens (primary N) is 1. The van der Waals surface area contributed by atoms with Crippen LogP contribution in [-0.2, 0) is 0 Å². The van der Waals surface area contributed by atoms with Crippen LogP contribution in [-0.4, -0.2) is 22.9 Å². The smallest absolute Gasteiger partial charge is 0.119 e. The number of aryl methyl sites for hydroxylation is 2. The lowest BCUT2D eigenvalue weighted by Gasteiger charge is -2.20. The molecule has 2 aromatic carbocycles. The Kier molecular flexibility index (Phi) is 5.19. The van der Waals surface area contributed by atoms with Crippen LogP contribution in [0.3, 0.4) is 0 Å². The van der Waals surface area contributed by atoms with Crippen molar-refractivity contribution in [3.05, 3.63) is 77.1 Å². The zero-order valence-corrected chi connectivity index (χ0v) is 15.1. The molecule has 0 amide bonds. The minimum atomic E-state index is 0.0806. The highest BCUT2D eigenvalue weighted by atomic mass is 16.5. The molecule has 0 saturated carbocycles. The molecular formula is C21H25N3O. The minimum absolute atomic E-state index is 0.0806. The molecule has 0 fully saturated rings. The maximum Gasteiger partial charge on any atom is 0.119 e. The minimum Gasteiger partial charge on any atom is -0.494 e. The summed E-state index contributed by atoms with van der Waals surface area (Å²) in [5, 5.41) is 4.69. The zero-order valence-electron chi connectivity index (χ0n) is 15.1. The van der Waals surface area contributed by atoms with Gasteiger partial charge in [0.15, 0.2) is 0 Å². The summed E-state index contributed by atoms with van der Waals surface area (Å²) >= 11 is 0. The molecule has 4 nitrogen and oxygen atoms in total. The Morgan fingerprint density at radius 3 is 2.48 bits per heavy atom. The standard InChI is InChI=1S/C21H25N3O/c1-4-25-18-10-11-19(15(2)12-18)20(14-22)21-13-16(3)23-24(21)17-8-6-5-7-9-17/h5-13,20H,4,14,22H2,1-3H3. The maximum atomic E-state index is 6.19. The van der Waals surface area contributed by atoms with E-state index in [1.165, 1.54) is 11.1 Å². The van der Waals surface area contributed by atoms with Gasteiger partial charge in [-0.15, -0.1) is 0 Å². The van der Waals surface area contributed by atoms with Gasteiger partial charge in [-0.2, -0.15) is 5.10 Å². The molecular weight excluding hydrogens is 310 g/mol. The van der Waals surface area contributed by atoms with Crippen molar-refractivity contribution in [2.45, 2.75) is 26.7 Å². The number of nitrogens with zero attached hydrogens (tertiary/aromatic N) is 2. The van der Waals surface area contributed by atoms with Gasteiger partial charge in [0.1, 0.15) is 5.75 Å². The summed E-state index contributed by atoms with van der Waals surface area (Å²) in [6, 6.07) is 18.5. The molecule has 1 unspecified atom stereocenters. The first-order chi connectivity index (χ1) is 12.1. The van der Waals surface area contributed by atoms with Gasteiger partial charge in [0.05, 0.1) is 23.7 Å². The Balaban J connectivity index is 2.05. The molecule has 0 aliphatic rings. The fourth-order valence-electron chi connectivity index (χ4n) is 3.25. The van der Waals surface area contributed by atoms with Gasteiger partial charge in [0, 0.05) is 12.5 Å². The van der Waals surface area contributed by atoms with Gasteiger partial charge < -0.3 is 10.5 Å². The Hall–Kier alpha value is -2.59. The Labute approximate surface area is 149 Å². The van der Waals surface area contributed by atoms with Crippen LogP contribution in [0, 0.1) is 13.8 Å². The molecule has 1 atom stereocenters. The van der Waals surface area contributed by atoms with Crippen LogP contribution in [0.1, 0.15) is 35.4 Å². The molecule has 0 radical (unpaired) electrons. The number of ether oxygens (including phenoxy) is 1. The second kappa shape index (κ2) is 7.53. The Morgan fingerprint density at radius 1 is 1.08 bits per heavy atom. The predicted molar refractivity (Wildman–Crippen MR) is 102 cm³/mol. The number of aromatic nitrogens is 2. The highest BCUT2D eigenvalue weighted by Crippen LogP contribution is 2.30. The van der Waals surface area contributed by atoms with Crippen LogP contribution < -0.4 is 10.5 Å². The molecule has 130 valence electrons. The predicted octanol–water partition coefficient (Wildman–Crippen LogP) is 3.98. The van der Waals surface area contributed by atoms with Gasteiger partial charge in [-0.05, 0) is 62.2 Å². The van der Waals surface area contributed by atoms with Gasteiger partial charge in [-0.1, -0.05) is 24.3 Å². The first-order valence-corrected chi connectivity index (χ1v) is 8.69. The van der Waals surface area contributed by atoms with E-state index in [9.17, 15) is 0 Å². The van der Waals surface area contributed by atoms with Crippen molar-refractivity contribution in [2.75, 3.05) is 13.2 Å². The van der Waals surface area contributed by atoms with E-state index in [0.717, 1.165) is 22.8 Å². The van der Waals surface area contributed by atoms with Gasteiger partial charge in [0.25, 0.3) is 0 Å². The molecule has 0 bridgehead atoms. The summed E-state index contributed by atoms with van der Waals surface area (Å²) in [5.74, 6) is 0.976. The van der Waals surface area contributed by atoms with Crippen molar-refractivity contribution in [2.24, 2.45) is 5.73 Å².